The highest BCUT2D eigenvalue weighted by molar-refractivity contribution is 6.43. The average Bonchev–Trinajstić information content (AvgIpc) is 2.72. The summed E-state index contributed by atoms with van der Waals surface area (Å²) in [5, 5.41) is 8.07. The number of nitrogens with one attached hydrogen (secondary N) is 2. The summed E-state index contributed by atoms with van der Waals surface area (Å²) in [6, 6.07) is 8.94. The third-order valence-electron chi connectivity index (χ3n) is 4.27. The van der Waals surface area contributed by atoms with Gasteiger partial charge in [0.2, 0.25) is 0 Å². The maximum atomic E-state index is 12.7. The lowest BCUT2D eigenvalue weighted by molar-refractivity contribution is -0.132. The summed E-state index contributed by atoms with van der Waals surface area (Å²) in [6.07, 6.45) is 0.888. The smallest absolute Gasteiger partial charge is 0.262 e. The topological polar surface area (TPSA) is 79.8 Å². The van der Waals surface area contributed by atoms with Crippen LogP contribution in [-0.2, 0) is 9.59 Å². The van der Waals surface area contributed by atoms with Crippen LogP contribution in [-0.4, -0.2) is 30.2 Å². The van der Waals surface area contributed by atoms with Gasteiger partial charge in [-0.05, 0) is 43.5 Å². The van der Waals surface area contributed by atoms with Crippen LogP contribution in [0, 0.1) is 5.92 Å². The van der Waals surface area contributed by atoms with Crippen LogP contribution in [0.1, 0.15) is 32.8 Å². The van der Waals surface area contributed by atoms with Crippen molar-refractivity contribution in [2.75, 3.05) is 0 Å². The van der Waals surface area contributed by atoms with Gasteiger partial charge in [0.1, 0.15) is 11.8 Å². The van der Waals surface area contributed by atoms with Gasteiger partial charge in [-0.15, -0.1) is 0 Å². The Balaban J connectivity index is 2.03. The monoisotopic (exact) mass is 517 g/mol. The molecule has 2 N–H and O–H groups in total. The lowest BCUT2D eigenvalue weighted by atomic mass is 10.0. The lowest BCUT2D eigenvalue weighted by Gasteiger charge is -2.22. The molecule has 0 saturated heterocycles. The first-order valence-electron chi connectivity index (χ1n) is 9.77. The third-order valence-corrected chi connectivity index (χ3v) is 5.63. The number of hydrogen-bond donors (Lipinski definition) is 2. The van der Waals surface area contributed by atoms with Crippen molar-refractivity contribution >= 4 is 64.4 Å². The van der Waals surface area contributed by atoms with Gasteiger partial charge >= 0.3 is 0 Å². The maximum absolute atomic E-state index is 12.7. The van der Waals surface area contributed by atoms with Gasteiger partial charge in [0, 0.05) is 10.6 Å². The number of halogens is 4. The van der Waals surface area contributed by atoms with E-state index in [-0.39, 0.29) is 10.9 Å². The number of carbonyl (C=O) groups excluding carboxylic acids is 2. The summed E-state index contributed by atoms with van der Waals surface area (Å²) >= 11 is 24.0. The van der Waals surface area contributed by atoms with Gasteiger partial charge in [-0.25, -0.2) is 5.43 Å². The van der Waals surface area contributed by atoms with Crippen molar-refractivity contribution in [3.05, 3.63) is 62.1 Å². The molecule has 2 amide bonds. The van der Waals surface area contributed by atoms with Crippen molar-refractivity contribution in [2.24, 2.45) is 11.0 Å². The van der Waals surface area contributed by atoms with E-state index in [1.54, 1.807) is 37.3 Å². The van der Waals surface area contributed by atoms with E-state index in [2.05, 4.69) is 15.8 Å². The number of hydrogen-bond acceptors (Lipinski definition) is 4. The normalized spacial score (nSPS) is 13.1. The Labute approximate surface area is 207 Å². The Kier molecular flexibility index (Phi) is 10.1. The fourth-order valence-electron chi connectivity index (χ4n) is 2.67. The van der Waals surface area contributed by atoms with Gasteiger partial charge < -0.3 is 10.1 Å². The van der Waals surface area contributed by atoms with Gasteiger partial charge in [0.25, 0.3) is 11.8 Å². The molecule has 6 nitrogen and oxygen atoms in total. The van der Waals surface area contributed by atoms with Crippen molar-refractivity contribution < 1.29 is 14.3 Å². The molecule has 0 fully saturated rings. The lowest BCUT2D eigenvalue weighted by Crippen LogP contribution is -2.49. The molecule has 2 atom stereocenters. The first kappa shape index (κ1) is 26.3. The van der Waals surface area contributed by atoms with Crippen LogP contribution in [0.3, 0.4) is 0 Å². The van der Waals surface area contributed by atoms with Crippen LogP contribution in [0.2, 0.25) is 20.1 Å². The van der Waals surface area contributed by atoms with Crippen molar-refractivity contribution in [1.29, 1.82) is 0 Å². The van der Waals surface area contributed by atoms with Crippen LogP contribution in [0.25, 0.3) is 0 Å². The highest BCUT2D eigenvalue weighted by atomic mass is 35.5. The Morgan fingerprint density at radius 3 is 2.41 bits per heavy atom. The molecule has 0 aliphatic heterocycles. The summed E-state index contributed by atoms with van der Waals surface area (Å²) in [6.45, 7) is 5.44. The molecule has 2 aromatic carbocycles. The number of amides is 2. The van der Waals surface area contributed by atoms with E-state index in [1.807, 2.05) is 13.8 Å². The van der Waals surface area contributed by atoms with Gasteiger partial charge in [-0.2, -0.15) is 5.10 Å². The van der Waals surface area contributed by atoms with Crippen molar-refractivity contribution in [2.45, 2.75) is 39.3 Å². The molecule has 10 heteroatoms. The Bertz CT molecular complexity index is 998. The second-order valence-corrected chi connectivity index (χ2v) is 9.03. The quantitative estimate of drug-likeness (QED) is 0.327. The summed E-state index contributed by atoms with van der Waals surface area (Å²) < 4.78 is 5.62. The molecule has 0 aromatic heterocycles. The third kappa shape index (κ3) is 7.85. The van der Waals surface area contributed by atoms with Crippen LogP contribution >= 0.6 is 46.4 Å². The minimum atomic E-state index is -0.898. The van der Waals surface area contributed by atoms with Crippen LogP contribution < -0.4 is 15.5 Å². The highest BCUT2D eigenvalue weighted by Gasteiger charge is 2.25. The molecule has 2 rings (SSSR count). The van der Waals surface area contributed by atoms with Crippen LogP contribution in [0.4, 0.5) is 0 Å². The van der Waals surface area contributed by atoms with Crippen molar-refractivity contribution in [3.8, 4) is 5.75 Å². The Morgan fingerprint density at radius 1 is 1.03 bits per heavy atom. The van der Waals surface area contributed by atoms with E-state index in [0.717, 1.165) is 0 Å². The van der Waals surface area contributed by atoms with Gasteiger partial charge in [0.15, 0.2) is 6.10 Å². The summed E-state index contributed by atoms with van der Waals surface area (Å²) in [5.41, 5.74) is 2.98. The second kappa shape index (κ2) is 12.3. The number of carbonyl (C=O) groups is 2. The first-order valence-corrected chi connectivity index (χ1v) is 11.3. The van der Waals surface area contributed by atoms with E-state index in [9.17, 15) is 9.59 Å². The highest BCUT2D eigenvalue weighted by Crippen LogP contribution is 2.28. The SMILES string of the molecule is CC(C)C[C@H](NC(=O)[C@H](C)Oc1ccc(Cl)cc1Cl)C(=O)N/N=C\c1cccc(Cl)c1Cl. The van der Waals surface area contributed by atoms with E-state index < -0.39 is 24.0 Å². The molecular weight excluding hydrogens is 496 g/mol. The molecule has 0 bridgehead atoms. The van der Waals surface area contributed by atoms with Crippen LogP contribution in [0.5, 0.6) is 5.75 Å². The molecule has 0 saturated carbocycles. The van der Waals surface area contributed by atoms with Gasteiger partial charge in [-0.1, -0.05) is 72.4 Å². The molecule has 32 heavy (non-hydrogen) atoms. The number of ether oxygens (including phenoxy) is 1. The largest absolute Gasteiger partial charge is 0.479 e. The molecule has 0 unspecified atom stereocenters. The standard InChI is InChI=1S/C22H23Cl4N3O3/c1-12(2)9-18(22(31)29-27-11-14-5-4-6-16(24)20(14)26)28-21(30)13(3)32-19-8-7-15(23)10-17(19)25/h4-8,10-13,18H,9H2,1-3H3,(H,28,30)(H,29,31)/b27-11-/t13-,18-/m0/s1. The number of benzene rings is 2. The summed E-state index contributed by atoms with van der Waals surface area (Å²) in [7, 11) is 0. The van der Waals surface area contributed by atoms with E-state index in [4.69, 9.17) is 51.1 Å². The summed E-state index contributed by atoms with van der Waals surface area (Å²) in [4.78, 5) is 25.3. The van der Waals surface area contributed by atoms with Crippen LogP contribution in [0.15, 0.2) is 41.5 Å². The van der Waals surface area contributed by atoms with E-state index >= 15 is 0 Å². The number of nitrogens with zero attached hydrogens (tertiary/aromatic N) is 1. The zero-order valence-corrected chi connectivity index (χ0v) is 20.7. The molecule has 0 aliphatic rings. The van der Waals surface area contributed by atoms with Crippen molar-refractivity contribution in [3.63, 3.8) is 0 Å². The fraction of sp³-hybridized carbons (Fsp3) is 0.318. The molecule has 2 aromatic rings. The molecular formula is C22H23Cl4N3O3. The predicted octanol–water partition coefficient (Wildman–Crippen LogP) is 5.75. The average molecular weight is 519 g/mol. The first-order chi connectivity index (χ1) is 15.1. The predicted molar refractivity (Wildman–Crippen MR) is 130 cm³/mol. The number of rotatable bonds is 9. The molecule has 0 heterocycles. The van der Waals surface area contributed by atoms with E-state index in [1.165, 1.54) is 12.3 Å². The Morgan fingerprint density at radius 2 is 1.75 bits per heavy atom. The molecule has 0 aliphatic carbocycles. The fourth-order valence-corrected chi connectivity index (χ4v) is 3.48. The second-order valence-electron chi connectivity index (χ2n) is 7.40. The molecule has 0 radical (unpaired) electrons. The molecule has 172 valence electrons. The minimum Gasteiger partial charge on any atom is -0.479 e. The van der Waals surface area contributed by atoms with Gasteiger partial charge in [-0.3, -0.25) is 9.59 Å². The summed E-state index contributed by atoms with van der Waals surface area (Å²) in [5.74, 6) is -0.497. The molecule has 0 spiro atoms. The van der Waals surface area contributed by atoms with Crippen molar-refractivity contribution in [1.82, 2.24) is 10.7 Å². The zero-order valence-electron chi connectivity index (χ0n) is 17.7. The maximum Gasteiger partial charge on any atom is 0.262 e. The number of hydrazone groups is 1. The minimum absolute atomic E-state index is 0.138. The Hall–Kier alpha value is -1.99. The zero-order chi connectivity index (χ0) is 23.8. The van der Waals surface area contributed by atoms with Gasteiger partial charge in [0.05, 0.1) is 21.3 Å². The van der Waals surface area contributed by atoms with E-state index in [0.29, 0.717) is 32.8 Å².